The highest BCUT2D eigenvalue weighted by atomic mass is 32.1. The van der Waals surface area contributed by atoms with Crippen LogP contribution in [0.4, 0.5) is 21.0 Å². The topological polar surface area (TPSA) is 131 Å². The molecule has 0 radical (unpaired) electrons. The van der Waals surface area contributed by atoms with Crippen molar-refractivity contribution in [3.05, 3.63) is 70.4 Å². The van der Waals surface area contributed by atoms with Crippen molar-refractivity contribution in [2.45, 2.75) is 31.8 Å². The molecule has 0 saturated heterocycles. The lowest BCUT2D eigenvalue weighted by molar-refractivity contribution is -0.118. The predicted octanol–water partition coefficient (Wildman–Crippen LogP) is 3.00. The maximum Gasteiger partial charge on any atom is 0.251 e. The van der Waals surface area contributed by atoms with Crippen LogP contribution in [-0.2, 0) is 4.79 Å². The van der Waals surface area contributed by atoms with Gasteiger partial charge in [0.2, 0.25) is 11.7 Å². The van der Waals surface area contributed by atoms with Crippen LogP contribution in [0.3, 0.4) is 0 Å². The summed E-state index contributed by atoms with van der Waals surface area (Å²) in [4.78, 5) is 43.1. The molecule has 1 unspecified atom stereocenters. The molecular weight excluding hydrogens is 445 g/mol. The molecule has 10 heteroatoms. The zero-order chi connectivity index (χ0) is 23.7. The number of benzene rings is 2. The van der Waals surface area contributed by atoms with Gasteiger partial charge in [0, 0.05) is 22.9 Å². The van der Waals surface area contributed by atoms with Crippen LogP contribution >= 0.6 is 11.3 Å². The van der Waals surface area contributed by atoms with E-state index >= 15 is 0 Å². The molecule has 33 heavy (non-hydrogen) atoms. The summed E-state index contributed by atoms with van der Waals surface area (Å²) in [7, 11) is 0. The molecule has 2 aromatic carbocycles. The van der Waals surface area contributed by atoms with Crippen LogP contribution in [0.5, 0.6) is 0 Å². The molecule has 8 nitrogen and oxygen atoms in total. The zero-order valence-corrected chi connectivity index (χ0v) is 18.6. The Bertz CT molecular complexity index is 1210. The number of carbonyl (C=O) groups is 3. The number of halogens is 1. The molecule has 1 aliphatic carbocycles. The van der Waals surface area contributed by atoms with Gasteiger partial charge in [-0.05, 0) is 56.2 Å². The monoisotopic (exact) mass is 467 g/mol. The highest BCUT2D eigenvalue weighted by Crippen LogP contribution is 2.36. The molecule has 170 valence electrons. The van der Waals surface area contributed by atoms with Crippen molar-refractivity contribution in [3.63, 3.8) is 0 Å². The van der Waals surface area contributed by atoms with Crippen molar-refractivity contribution in [1.29, 1.82) is 0 Å². The number of nitrogens with one attached hydrogen (secondary N) is 1. The zero-order valence-electron chi connectivity index (χ0n) is 17.7. The smallest absolute Gasteiger partial charge is 0.251 e. The molecule has 0 bridgehead atoms. The Morgan fingerprint density at radius 2 is 1.70 bits per heavy atom. The number of anilines is 3. The van der Waals surface area contributed by atoms with Crippen molar-refractivity contribution in [2.24, 2.45) is 5.73 Å². The number of hydrogen-bond donors (Lipinski definition) is 3. The lowest BCUT2D eigenvalue weighted by Gasteiger charge is -2.26. The van der Waals surface area contributed by atoms with Crippen LogP contribution in [0, 0.1) is 5.82 Å². The van der Waals surface area contributed by atoms with Crippen LogP contribution < -0.4 is 21.7 Å². The molecule has 5 N–H and O–H groups in total. The number of nitrogen functional groups attached to an aromatic ring is 1. The lowest BCUT2D eigenvalue weighted by atomic mass is 10.1. The summed E-state index contributed by atoms with van der Waals surface area (Å²) in [5, 5.41) is 3.17. The molecule has 1 fully saturated rings. The van der Waals surface area contributed by atoms with Gasteiger partial charge >= 0.3 is 0 Å². The second kappa shape index (κ2) is 8.99. The first-order valence-electron chi connectivity index (χ1n) is 10.3. The van der Waals surface area contributed by atoms with E-state index in [4.69, 9.17) is 11.5 Å². The Labute approximate surface area is 193 Å². The normalized spacial score (nSPS) is 13.9. The minimum Gasteiger partial charge on any atom is -0.382 e. The summed E-state index contributed by atoms with van der Waals surface area (Å²) < 4.78 is 13.4. The van der Waals surface area contributed by atoms with Crippen LogP contribution in [0.15, 0.2) is 48.5 Å². The minimum atomic E-state index is -0.826. The summed E-state index contributed by atoms with van der Waals surface area (Å²) >= 11 is 1.00. The number of aromatic nitrogens is 1. The molecule has 0 aliphatic heterocycles. The fourth-order valence-electron chi connectivity index (χ4n) is 3.22. The van der Waals surface area contributed by atoms with Gasteiger partial charge in [0.25, 0.3) is 5.91 Å². The number of amides is 2. The van der Waals surface area contributed by atoms with Gasteiger partial charge in [-0.15, -0.1) is 0 Å². The number of ketones is 1. The summed E-state index contributed by atoms with van der Waals surface area (Å²) in [6.45, 7) is 1.58. The van der Waals surface area contributed by atoms with Gasteiger partial charge in [-0.2, -0.15) is 0 Å². The van der Waals surface area contributed by atoms with E-state index in [2.05, 4.69) is 10.3 Å². The van der Waals surface area contributed by atoms with Gasteiger partial charge in [0.05, 0.1) is 0 Å². The number of nitrogens with two attached hydrogens (primary N) is 2. The fraction of sp³-hybridized carbons (Fsp3) is 0.217. The van der Waals surface area contributed by atoms with E-state index in [1.54, 1.807) is 31.2 Å². The number of nitrogens with zero attached hydrogens (tertiary/aromatic N) is 2. The van der Waals surface area contributed by atoms with Gasteiger partial charge in [0.1, 0.15) is 22.6 Å². The third kappa shape index (κ3) is 4.85. The van der Waals surface area contributed by atoms with E-state index in [1.807, 2.05) is 0 Å². The SMILES string of the molecule is CC(C(N)=O)N(c1ccc(F)cc1)c1nc(N)c(C(=O)c2ccc(C(=O)NC3CC3)cc2)s1. The fourth-order valence-corrected chi connectivity index (χ4v) is 4.26. The van der Waals surface area contributed by atoms with Crippen molar-refractivity contribution in [1.82, 2.24) is 10.3 Å². The number of rotatable bonds is 8. The largest absolute Gasteiger partial charge is 0.382 e. The number of thiazole rings is 1. The van der Waals surface area contributed by atoms with Crippen LogP contribution in [0.1, 0.15) is 45.4 Å². The molecule has 1 atom stereocenters. The van der Waals surface area contributed by atoms with Crippen LogP contribution in [-0.4, -0.2) is 34.7 Å². The molecule has 0 spiro atoms. The third-order valence-corrected chi connectivity index (χ3v) is 6.35. The first-order chi connectivity index (χ1) is 15.7. The average molecular weight is 468 g/mol. The molecule has 1 aromatic heterocycles. The third-order valence-electron chi connectivity index (χ3n) is 5.28. The van der Waals surface area contributed by atoms with Gasteiger partial charge < -0.3 is 21.7 Å². The average Bonchev–Trinajstić information content (AvgIpc) is 3.54. The Kier molecular flexibility index (Phi) is 6.10. The van der Waals surface area contributed by atoms with Crippen molar-refractivity contribution < 1.29 is 18.8 Å². The predicted molar refractivity (Wildman–Crippen MR) is 124 cm³/mol. The molecule has 1 saturated carbocycles. The molecule has 3 aromatic rings. The summed E-state index contributed by atoms with van der Waals surface area (Å²) in [6, 6.07) is 11.2. The summed E-state index contributed by atoms with van der Waals surface area (Å²) in [5.41, 5.74) is 12.8. The number of primary amides is 1. The molecule has 1 heterocycles. The van der Waals surface area contributed by atoms with E-state index in [0.717, 1.165) is 24.2 Å². The van der Waals surface area contributed by atoms with Gasteiger partial charge in [-0.1, -0.05) is 23.5 Å². The quantitative estimate of drug-likeness (QED) is 0.437. The Hall–Kier alpha value is -3.79. The Balaban J connectivity index is 1.61. The molecular formula is C23H22FN5O3S. The molecule has 4 rings (SSSR count). The van der Waals surface area contributed by atoms with E-state index in [1.165, 1.54) is 29.2 Å². The van der Waals surface area contributed by atoms with Crippen LogP contribution in [0.25, 0.3) is 0 Å². The van der Waals surface area contributed by atoms with Crippen molar-refractivity contribution in [2.75, 3.05) is 10.6 Å². The summed E-state index contributed by atoms with van der Waals surface area (Å²) in [5.74, 6) is -1.60. The Morgan fingerprint density at radius 1 is 1.09 bits per heavy atom. The highest BCUT2D eigenvalue weighted by Gasteiger charge is 2.28. The van der Waals surface area contributed by atoms with E-state index in [0.29, 0.717) is 16.8 Å². The standard InChI is InChI=1S/C23H22FN5O3S/c1-12(21(26)31)29(17-10-6-15(24)7-11-17)23-28-20(25)19(33-23)18(30)13-2-4-14(5-3-13)22(32)27-16-8-9-16/h2-7,10-12,16H,8-9,25H2,1H3,(H2,26,31)(H,27,32). The maximum absolute atomic E-state index is 13.4. The number of hydrogen-bond acceptors (Lipinski definition) is 7. The lowest BCUT2D eigenvalue weighted by Crippen LogP contribution is -2.39. The van der Waals surface area contributed by atoms with Crippen LogP contribution in [0.2, 0.25) is 0 Å². The second-order valence-corrected chi connectivity index (χ2v) is 8.77. The highest BCUT2D eigenvalue weighted by molar-refractivity contribution is 7.18. The first kappa shape index (κ1) is 22.4. The molecule has 2 amide bonds. The van der Waals surface area contributed by atoms with Gasteiger partial charge in [-0.3, -0.25) is 14.4 Å². The van der Waals surface area contributed by atoms with Gasteiger partial charge in [-0.25, -0.2) is 9.37 Å². The first-order valence-corrected chi connectivity index (χ1v) is 11.1. The van der Waals surface area contributed by atoms with Crippen molar-refractivity contribution in [3.8, 4) is 0 Å². The molecule has 1 aliphatic rings. The second-order valence-electron chi connectivity index (χ2n) is 7.79. The Morgan fingerprint density at radius 3 is 2.27 bits per heavy atom. The van der Waals surface area contributed by atoms with E-state index in [9.17, 15) is 18.8 Å². The van der Waals surface area contributed by atoms with E-state index in [-0.39, 0.29) is 33.6 Å². The summed E-state index contributed by atoms with van der Waals surface area (Å²) in [6.07, 6.45) is 1.97. The maximum atomic E-state index is 13.4. The van der Waals surface area contributed by atoms with Crippen molar-refractivity contribution >= 4 is 45.6 Å². The van der Waals surface area contributed by atoms with Gasteiger partial charge in [0.15, 0.2) is 5.13 Å². The van der Waals surface area contributed by atoms with E-state index < -0.39 is 17.8 Å². The number of carbonyl (C=O) groups excluding carboxylic acids is 3. The minimum absolute atomic E-state index is 0.000616.